The van der Waals surface area contributed by atoms with E-state index in [0.29, 0.717) is 0 Å². The molecule has 0 unspecified atom stereocenters. The second kappa shape index (κ2) is 4.21. The van der Waals surface area contributed by atoms with Gasteiger partial charge in [-0.1, -0.05) is 11.6 Å². The van der Waals surface area contributed by atoms with Crippen LogP contribution in [0.15, 0.2) is 17.6 Å². The molecular weight excluding hydrogens is 235 g/mol. The zero-order chi connectivity index (χ0) is 9.90. The van der Waals surface area contributed by atoms with Crippen molar-refractivity contribution in [3.05, 3.63) is 17.5 Å². The summed E-state index contributed by atoms with van der Waals surface area (Å²) in [4.78, 5) is 7.16. The second-order valence-electron chi connectivity index (χ2n) is 2.18. The molecular formula is C6H6Cl2N2O2S. The molecule has 1 heterocycles. The van der Waals surface area contributed by atoms with Gasteiger partial charge >= 0.3 is 0 Å². The van der Waals surface area contributed by atoms with E-state index in [2.05, 4.69) is 9.97 Å². The average molecular weight is 241 g/mol. The lowest BCUT2D eigenvalue weighted by atomic mass is 10.7. The van der Waals surface area contributed by atoms with Crippen LogP contribution in [0.2, 0.25) is 5.02 Å². The summed E-state index contributed by atoms with van der Waals surface area (Å²) in [5.41, 5.74) is 0. The quantitative estimate of drug-likeness (QED) is 0.588. The zero-order valence-electron chi connectivity index (χ0n) is 6.44. The molecule has 4 nitrogen and oxygen atoms in total. The molecule has 13 heavy (non-hydrogen) atoms. The third-order valence-electron chi connectivity index (χ3n) is 1.27. The van der Waals surface area contributed by atoms with Crippen LogP contribution in [0.1, 0.15) is 0 Å². The van der Waals surface area contributed by atoms with E-state index in [4.69, 9.17) is 23.2 Å². The molecule has 0 fully saturated rings. The highest BCUT2D eigenvalue weighted by atomic mass is 35.5. The normalized spacial score (nSPS) is 11.5. The van der Waals surface area contributed by atoms with Crippen molar-refractivity contribution >= 4 is 33.0 Å². The van der Waals surface area contributed by atoms with Crippen LogP contribution in [0, 0.1) is 0 Å². The molecule has 0 aromatic carbocycles. The Labute approximate surface area is 85.8 Å². The number of halogens is 2. The lowest BCUT2D eigenvalue weighted by Gasteiger charge is -2.01. The van der Waals surface area contributed by atoms with Gasteiger partial charge in [-0.05, 0) is 0 Å². The van der Waals surface area contributed by atoms with Gasteiger partial charge in [0.15, 0.2) is 14.9 Å². The van der Waals surface area contributed by atoms with Crippen LogP contribution in [-0.4, -0.2) is 30.0 Å². The highest BCUT2D eigenvalue weighted by Gasteiger charge is 2.18. The maximum Gasteiger partial charge on any atom is 0.198 e. The number of alkyl halides is 1. The third-order valence-corrected chi connectivity index (χ3v) is 3.73. The molecule has 1 aromatic heterocycles. The number of nitrogens with zero attached hydrogens (tertiary/aromatic N) is 2. The minimum Gasteiger partial charge on any atom is -0.243 e. The van der Waals surface area contributed by atoms with Crippen LogP contribution in [-0.2, 0) is 9.84 Å². The predicted molar refractivity (Wildman–Crippen MR) is 49.8 cm³/mol. The molecule has 0 spiro atoms. The van der Waals surface area contributed by atoms with Crippen molar-refractivity contribution in [3.63, 3.8) is 0 Å². The molecule has 0 bridgehead atoms. The van der Waals surface area contributed by atoms with Crippen LogP contribution < -0.4 is 0 Å². The highest BCUT2D eigenvalue weighted by Crippen LogP contribution is 2.17. The van der Waals surface area contributed by atoms with Crippen LogP contribution >= 0.6 is 23.2 Å². The van der Waals surface area contributed by atoms with Gasteiger partial charge in [-0.3, -0.25) is 0 Å². The lowest BCUT2D eigenvalue weighted by Crippen LogP contribution is -2.10. The Bertz CT molecular complexity index is 393. The lowest BCUT2D eigenvalue weighted by molar-refractivity contribution is 0.593. The first-order valence-electron chi connectivity index (χ1n) is 3.32. The number of aromatic nitrogens is 2. The Hall–Kier alpha value is -0.390. The average Bonchev–Trinajstić information content (AvgIpc) is 2.04. The third kappa shape index (κ3) is 2.52. The van der Waals surface area contributed by atoms with Gasteiger partial charge in [0, 0.05) is 5.88 Å². The number of hydrogen-bond donors (Lipinski definition) is 0. The van der Waals surface area contributed by atoms with E-state index in [9.17, 15) is 8.42 Å². The Kier molecular flexibility index (Phi) is 3.47. The molecule has 0 amide bonds. The fraction of sp³-hybridized carbons (Fsp3) is 0.333. The maximum atomic E-state index is 11.4. The summed E-state index contributed by atoms with van der Waals surface area (Å²) in [6.45, 7) is 0. The minimum atomic E-state index is -3.46. The van der Waals surface area contributed by atoms with Crippen LogP contribution in [0.5, 0.6) is 0 Å². The second-order valence-corrected chi connectivity index (χ2v) is 4.99. The monoisotopic (exact) mass is 240 g/mol. The standard InChI is InChI=1S/C6H6Cl2N2O2S/c7-1-2-13(11,12)6-5(8)3-9-4-10-6/h3-4H,1-2H2. The van der Waals surface area contributed by atoms with Crippen molar-refractivity contribution in [1.82, 2.24) is 9.97 Å². The first-order chi connectivity index (χ1) is 6.08. The van der Waals surface area contributed by atoms with E-state index in [1.54, 1.807) is 0 Å². The van der Waals surface area contributed by atoms with Gasteiger partial charge in [-0.2, -0.15) is 0 Å². The SMILES string of the molecule is O=S(=O)(CCCl)c1ncncc1Cl. The van der Waals surface area contributed by atoms with Crippen molar-refractivity contribution in [2.24, 2.45) is 0 Å². The van der Waals surface area contributed by atoms with Gasteiger partial charge in [0.25, 0.3) is 0 Å². The molecule has 1 aromatic rings. The van der Waals surface area contributed by atoms with E-state index in [-0.39, 0.29) is 21.7 Å². The van der Waals surface area contributed by atoms with Crippen LogP contribution in [0.25, 0.3) is 0 Å². The van der Waals surface area contributed by atoms with E-state index in [1.807, 2.05) is 0 Å². The van der Waals surface area contributed by atoms with Crippen LogP contribution in [0.3, 0.4) is 0 Å². The van der Waals surface area contributed by atoms with Crippen molar-refractivity contribution in [2.45, 2.75) is 5.03 Å². The Morgan fingerprint density at radius 3 is 2.69 bits per heavy atom. The van der Waals surface area contributed by atoms with E-state index in [0.717, 1.165) is 6.33 Å². The van der Waals surface area contributed by atoms with Crippen LogP contribution in [0.4, 0.5) is 0 Å². The van der Waals surface area contributed by atoms with Crippen molar-refractivity contribution in [1.29, 1.82) is 0 Å². The van der Waals surface area contributed by atoms with Gasteiger partial charge in [-0.15, -0.1) is 11.6 Å². The topological polar surface area (TPSA) is 59.9 Å². The molecule has 0 aliphatic carbocycles. The molecule has 0 aliphatic heterocycles. The Morgan fingerprint density at radius 2 is 2.15 bits per heavy atom. The summed E-state index contributed by atoms with van der Waals surface area (Å²) >= 11 is 10.9. The van der Waals surface area contributed by atoms with Crippen molar-refractivity contribution < 1.29 is 8.42 Å². The number of sulfone groups is 1. The van der Waals surface area contributed by atoms with Gasteiger partial charge in [-0.25, -0.2) is 18.4 Å². The molecule has 72 valence electrons. The summed E-state index contributed by atoms with van der Waals surface area (Å²) in [6.07, 6.45) is 2.36. The van der Waals surface area contributed by atoms with Crippen molar-refractivity contribution in [3.8, 4) is 0 Å². The summed E-state index contributed by atoms with van der Waals surface area (Å²) < 4.78 is 22.8. The minimum absolute atomic E-state index is 0.0165. The summed E-state index contributed by atoms with van der Waals surface area (Å²) in [5, 5.41) is -0.141. The Morgan fingerprint density at radius 1 is 1.46 bits per heavy atom. The molecule has 0 saturated carbocycles. The number of rotatable bonds is 3. The molecule has 0 atom stereocenters. The van der Waals surface area contributed by atoms with E-state index in [1.165, 1.54) is 6.20 Å². The van der Waals surface area contributed by atoms with Gasteiger partial charge in [0.2, 0.25) is 0 Å². The van der Waals surface area contributed by atoms with Gasteiger partial charge < -0.3 is 0 Å². The fourth-order valence-corrected chi connectivity index (χ4v) is 2.75. The molecule has 0 saturated heterocycles. The highest BCUT2D eigenvalue weighted by molar-refractivity contribution is 7.91. The first kappa shape index (κ1) is 10.7. The molecule has 7 heteroatoms. The Balaban J connectivity index is 3.15. The van der Waals surface area contributed by atoms with Gasteiger partial charge in [0.1, 0.15) is 6.33 Å². The largest absolute Gasteiger partial charge is 0.243 e. The smallest absolute Gasteiger partial charge is 0.198 e. The molecule has 1 rings (SSSR count). The predicted octanol–water partition coefficient (Wildman–Crippen LogP) is 1.14. The summed E-state index contributed by atoms with van der Waals surface area (Å²) in [7, 11) is -3.46. The van der Waals surface area contributed by atoms with E-state index < -0.39 is 9.84 Å². The van der Waals surface area contributed by atoms with Crippen molar-refractivity contribution in [2.75, 3.05) is 11.6 Å². The molecule has 0 N–H and O–H groups in total. The van der Waals surface area contributed by atoms with E-state index >= 15 is 0 Å². The summed E-state index contributed by atoms with van der Waals surface area (Å²) in [5.74, 6) is -0.159. The zero-order valence-corrected chi connectivity index (χ0v) is 8.77. The fourth-order valence-electron chi connectivity index (χ4n) is 0.729. The maximum absolute atomic E-state index is 11.4. The summed E-state index contributed by atoms with van der Waals surface area (Å²) in [6, 6.07) is 0. The van der Waals surface area contributed by atoms with Gasteiger partial charge in [0.05, 0.1) is 17.0 Å². The molecule has 0 aliphatic rings. The number of hydrogen-bond acceptors (Lipinski definition) is 4. The first-order valence-corrected chi connectivity index (χ1v) is 5.88. The molecule has 0 radical (unpaired) electrons.